The first kappa shape index (κ1) is 17.5. The molecule has 118 valence electrons. The van der Waals surface area contributed by atoms with E-state index in [-0.39, 0.29) is 11.1 Å². The molecule has 0 aliphatic heterocycles. The molecule has 4 nitrogen and oxygen atoms in total. The number of benzene rings is 1. The Morgan fingerprint density at radius 1 is 1.24 bits per heavy atom. The monoisotopic (exact) mass is 306 g/mol. The Labute approximate surface area is 120 Å². The summed E-state index contributed by atoms with van der Waals surface area (Å²) < 4.78 is 43.5. The van der Waals surface area contributed by atoms with E-state index in [0.717, 1.165) is 6.07 Å². The zero-order chi connectivity index (χ0) is 16.4. The van der Waals surface area contributed by atoms with Crippen LogP contribution in [0.1, 0.15) is 48.4 Å². The summed E-state index contributed by atoms with van der Waals surface area (Å²) in [5, 5.41) is 18.3. The van der Waals surface area contributed by atoms with Gasteiger partial charge in [-0.2, -0.15) is 13.2 Å². The summed E-state index contributed by atoms with van der Waals surface area (Å²) in [7, 11) is 0. The lowest BCUT2D eigenvalue weighted by Crippen LogP contribution is -2.24. The van der Waals surface area contributed by atoms with Crippen molar-refractivity contribution < 1.29 is 32.9 Å². The normalized spacial score (nSPS) is 13.9. The van der Waals surface area contributed by atoms with Crippen LogP contribution in [0.15, 0.2) is 18.2 Å². The highest BCUT2D eigenvalue weighted by atomic mass is 19.4. The molecule has 21 heavy (non-hydrogen) atoms. The van der Waals surface area contributed by atoms with E-state index in [1.54, 1.807) is 20.8 Å². The number of alkyl halides is 3. The van der Waals surface area contributed by atoms with Crippen molar-refractivity contribution in [3.05, 3.63) is 34.9 Å². The maximum Gasteiger partial charge on any atom is 0.416 e. The number of hydrogen-bond acceptors (Lipinski definition) is 4. The SMILES string of the molecule is CC(C)(C)OC(=O)c1cc([C@@H](O)CO)cc(C(F)(F)F)c1. The third-order valence-electron chi connectivity index (χ3n) is 2.47. The molecule has 0 unspecified atom stereocenters. The Morgan fingerprint density at radius 3 is 2.24 bits per heavy atom. The molecule has 0 saturated carbocycles. The molecule has 1 rings (SSSR count). The topological polar surface area (TPSA) is 66.8 Å². The highest BCUT2D eigenvalue weighted by Crippen LogP contribution is 2.32. The summed E-state index contributed by atoms with van der Waals surface area (Å²) in [6.07, 6.45) is -6.18. The fraction of sp³-hybridized carbons (Fsp3) is 0.500. The van der Waals surface area contributed by atoms with Gasteiger partial charge in [-0.15, -0.1) is 0 Å². The number of aliphatic hydroxyl groups excluding tert-OH is 2. The van der Waals surface area contributed by atoms with Gasteiger partial charge in [-0.3, -0.25) is 0 Å². The fourth-order valence-corrected chi connectivity index (χ4v) is 1.57. The standard InChI is InChI=1S/C14H17F3O4/c1-13(2,3)21-12(20)9-4-8(11(19)7-18)5-10(6-9)14(15,16)17/h4-6,11,18-19H,7H2,1-3H3/t11-/m0/s1. The van der Waals surface area contributed by atoms with Gasteiger partial charge < -0.3 is 14.9 Å². The molecule has 0 bridgehead atoms. The third-order valence-corrected chi connectivity index (χ3v) is 2.47. The Morgan fingerprint density at radius 2 is 1.81 bits per heavy atom. The van der Waals surface area contributed by atoms with Crippen LogP contribution in [-0.4, -0.2) is 28.4 Å². The number of hydrogen-bond donors (Lipinski definition) is 2. The van der Waals surface area contributed by atoms with Gasteiger partial charge in [0.1, 0.15) is 11.7 Å². The number of halogens is 3. The van der Waals surface area contributed by atoms with Gasteiger partial charge in [0.15, 0.2) is 0 Å². The number of aliphatic hydroxyl groups is 2. The van der Waals surface area contributed by atoms with Crippen LogP contribution in [0.2, 0.25) is 0 Å². The minimum atomic E-state index is -4.68. The Kier molecular flexibility index (Phi) is 5.01. The lowest BCUT2D eigenvalue weighted by atomic mass is 10.0. The van der Waals surface area contributed by atoms with E-state index in [9.17, 15) is 23.1 Å². The van der Waals surface area contributed by atoms with Gasteiger partial charge in [-0.25, -0.2) is 4.79 Å². The van der Waals surface area contributed by atoms with Crippen molar-refractivity contribution >= 4 is 5.97 Å². The van der Waals surface area contributed by atoms with Crippen molar-refractivity contribution in [1.29, 1.82) is 0 Å². The summed E-state index contributed by atoms with van der Waals surface area (Å²) in [6, 6.07) is 2.42. The molecule has 1 aromatic carbocycles. The second kappa shape index (κ2) is 6.03. The number of rotatable bonds is 3. The van der Waals surface area contributed by atoms with Crippen LogP contribution >= 0.6 is 0 Å². The van der Waals surface area contributed by atoms with Crippen LogP contribution in [0, 0.1) is 0 Å². The molecule has 1 atom stereocenters. The molecule has 1 aromatic rings. The van der Waals surface area contributed by atoms with E-state index in [1.807, 2.05) is 0 Å². The maximum absolute atomic E-state index is 12.8. The smallest absolute Gasteiger partial charge is 0.416 e. The van der Waals surface area contributed by atoms with Gasteiger partial charge >= 0.3 is 12.1 Å². The molecule has 0 spiro atoms. The quantitative estimate of drug-likeness (QED) is 0.843. The van der Waals surface area contributed by atoms with Crippen LogP contribution in [0.4, 0.5) is 13.2 Å². The minimum Gasteiger partial charge on any atom is -0.456 e. The molecule has 0 aliphatic carbocycles. The molecule has 0 saturated heterocycles. The van der Waals surface area contributed by atoms with E-state index in [4.69, 9.17) is 9.84 Å². The highest BCUT2D eigenvalue weighted by Gasteiger charge is 2.33. The summed E-state index contributed by atoms with van der Waals surface area (Å²) >= 11 is 0. The molecule has 0 radical (unpaired) electrons. The van der Waals surface area contributed by atoms with E-state index < -0.39 is 36.0 Å². The minimum absolute atomic E-state index is 0.201. The highest BCUT2D eigenvalue weighted by molar-refractivity contribution is 5.90. The molecule has 2 N–H and O–H groups in total. The number of carbonyl (C=O) groups is 1. The van der Waals surface area contributed by atoms with Crippen LogP contribution in [0.25, 0.3) is 0 Å². The Bertz CT molecular complexity index is 518. The summed E-state index contributed by atoms with van der Waals surface area (Å²) in [6.45, 7) is 4.00. The maximum atomic E-state index is 12.8. The van der Waals surface area contributed by atoms with E-state index in [1.165, 1.54) is 0 Å². The summed E-state index contributed by atoms with van der Waals surface area (Å²) in [5.41, 5.74) is -2.48. The lowest BCUT2D eigenvalue weighted by molar-refractivity contribution is -0.137. The van der Waals surface area contributed by atoms with E-state index in [2.05, 4.69) is 0 Å². The molecule has 0 heterocycles. The van der Waals surface area contributed by atoms with Gasteiger partial charge in [0.25, 0.3) is 0 Å². The third kappa shape index (κ3) is 5.02. The first-order valence-corrected chi connectivity index (χ1v) is 6.18. The molecule has 0 fully saturated rings. The predicted octanol–water partition coefficient (Wildman–Crippen LogP) is 2.69. The average molecular weight is 306 g/mol. The molecule has 0 amide bonds. The number of esters is 1. The van der Waals surface area contributed by atoms with Crippen molar-refractivity contribution in [1.82, 2.24) is 0 Å². The van der Waals surface area contributed by atoms with E-state index in [0.29, 0.717) is 12.1 Å². The number of carbonyl (C=O) groups excluding carboxylic acids is 1. The van der Waals surface area contributed by atoms with Gasteiger partial charge in [-0.1, -0.05) is 0 Å². The van der Waals surface area contributed by atoms with Crippen LogP contribution < -0.4 is 0 Å². The molecular formula is C14H17F3O4. The van der Waals surface area contributed by atoms with Gasteiger partial charge in [0, 0.05) is 0 Å². The van der Waals surface area contributed by atoms with Crippen molar-refractivity contribution in [3.63, 3.8) is 0 Å². The first-order chi connectivity index (χ1) is 9.44. The van der Waals surface area contributed by atoms with Crippen LogP contribution in [-0.2, 0) is 10.9 Å². The zero-order valence-electron chi connectivity index (χ0n) is 11.9. The summed E-state index contributed by atoms with van der Waals surface area (Å²) in [5.74, 6) is -0.931. The average Bonchev–Trinajstić information content (AvgIpc) is 2.34. The second-order valence-corrected chi connectivity index (χ2v) is 5.54. The Hall–Kier alpha value is -1.60. The lowest BCUT2D eigenvalue weighted by Gasteiger charge is -2.20. The molecule has 0 aliphatic rings. The van der Waals surface area contributed by atoms with Crippen molar-refractivity contribution in [2.24, 2.45) is 0 Å². The van der Waals surface area contributed by atoms with Crippen molar-refractivity contribution in [3.8, 4) is 0 Å². The predicted molar refractivity (Wildman–Crippen MR) is 68.7 cm³/mol. The summed E-state index contributed by atoms with van der Waals surface area (Å²) in [4.78, 5) is 11.9. The van der Waals surface area contributed by atoms with Crippen LogP contribution in [0.3, 0.4) is 0 Å². The van der Waals surface area contributed by atoms with Crippen molar-refractivity contribution in [2.45, 2.75) is 38.7 Å². The molecule has 0 aromatic heterocycles. The fourth-order valence-electron chi connectivity index (χ4n) is 1.57. The zero-order valence-corrected chi connectivity index (χ0v) is 11.9. The van der Waals surface area contributed by atoms with Crippen LogP contribution in [0.5, 0.6) is 0 Å². The molecule has 7 heteroatoms. The van der Waals surface area contributed by atoms with Gasteiger partial charge in [0.2, 0.25) is 0 Å². The van der Waals surface area contributed by atoms with Crippen molar-refractivity contribution in [2.75, 3.05) is 6.61 Å². The Balaban J connectivity index is 3.28. The molecular weight excluding hydrogens is 289 g/mol. The van der Waals surface area contributed by atoms with Gasteiger partial charge in [-0.05, 0) is 44.5 Å². The van der Waals surface area contributed by atoms with Gasteiger partial charge in [0.05, 0.1) is 17.7 Å². The van der Waals surface area contributed by atoms with E-state index >= 15 is 0 Å². The second-order valence-electron chi connectivity index (χ2n) is 5.54. The first-order valence-electron chi connectivity index (χ1n) is 6.18. The largest absolute Gasteiger partial charge is 0.456 e. The number of ether oxygens (including phenoxy) is 1.